The molecule has 0 radical (unpaired) electrons. The Morgan fingerprint density at radius 2 is 1.67 bits per heavy atom. The molecule has 3 N–H and O–H groups in total. The lowest BCUT2D eigenvalue weighted by atomic mass is 9.94. The molecule has 0 aromatic rings. The number of likely N-dealkylation sites (tertiary alicyclic amines) is 1. The molecular formula is C16H26N2O6. The van der Waals surface area contributed by atoms with Crippen LogP contribution in [0.4, 0.5) is 0 Å². The summed E-state index contributed by atoms with van der Waals surface area (Å²) in [5.74, 6) is 3.23. The van der Waals surface area contributed by atoms with E-state index in [2.05, 4.69) is 16.7 Å². The molecule has 1 heterocycles. The first-order chi connectivity index (χ1) is 11.3. The normalized spacial score (nSPS) is 14.6. The Morgan fingerprint density at radius 1 is 1.12 bits per heavy atom. The monoisotopic (exact) mass is 342 g/mol. The topological polar surface area (TPSA) is 118 Å². The highest BCUT2D eigenvalue weighted by atomic mass is 16.4. The van der Waals surface area contributed by atoms with Crippen molar-refractivity contribution in [3.63, 3.8) is 0 Å². The second-order valence-electron chi connectivity index (χ2n) is 5.57. The molecule has 0 aromatic heterocycles. The first-order valence-corrected chi connectivity index (χ1v) is 7.74. The van der Waals surface area contributed by atoms with Gasteiger partial charge in [-0.05, 0) is 38.3 Å². The van der Waals surface area contributed by atoms with Crippen molar-refractivity contribution in [2.24, 2.45) is 5.92 Å². The molecule has 0 aromatic carbocycles. The van der Waals surface area contributed by atoms with Gasteiger partial charge in [-0.15, -0.1) is 0 Å². The van der Waals surface area contributed by atoms with Gasteiger partial charge in [-0.2, -0.15) is 0 Å². The molecule has 0 spiro atoms. The summed E-state index contributed by atoms with van der Waals surface area (Å²) in [5.41, 5.74) is 0. The molecule has 1 aliphatic heterocycles. The van der Waals surface area contributed by atoms with Crippen molar-refractivity contribution in [3.05, 3.63) is 0 Å². The Balaban J connectivity index is 0.000000754. The lowest BCUT2D eigenvalue weighted by molar-refractivity contribution is -0.159. The zero-order valence-electron chi connectivity index (χ0n) is 14.2. The van der Waals surface area contributed by atoms with Crippen molar-refractivity contribution in [2.45, 2.75) is 26.2 Å². The third kappa shape index (κ3) is 10.6. The maximum atomic E-state index is 11.0. The Morgan fingerprint density at radius 3 is 2.08 bits per heavy atom. The minimum absolute atomic E-state index is 0.0501. The number of rotatable bonds is 4. The van der Waals surface area contributed by atoms with Gasteiger partial charge in [-0.1, -0.05) is 11.8 Å². The third-order valence-corrected chi connectivity index (χ3v) is 3.71. The van der Waals surface area contributed by atoms with Crippen molar-refractivity contribution in [1.82, 2.24) is 9.80 Å². The zero-order chi connectivity index (χ0) is 18.5. The van der Waals surface area contributed by atoms with Crippen LogP contribution in [0.1, 0.15) is 26.2 Å². The zero-order valence-corrected chi connectivity index (χ0v) is 14.2. The predicted octanol–water partition coefficient (Wildman–Crippen LogP) is -0.282. The number of amides is 1. The summed E-state index contributed by atoms with van der Waals surface area (Å²) in [6.07, 6.45) is 3.26. The standard InChI is InChI=1S/C14H24N2O2.C2H2O4/c1-13(18)15(2)8-3-4-9-16-10-5-14(6-11-16)7-12-17;3-1(4)2(5)6/h14,17H,5-12H2,1-2H3;(H,3,4)(H,5,6). The molecule has 0 unspecified atom stereocenters. The van der Waals surface area contributed by atoms with Gasteiger partial charge >= 0.3 is 11.9 Å². The van der Waals surface area contributed by atoms with Gasteiger partial charge in [0.05, 0.1) is 13.1 Å². The number of nitrogens with zero attached hydrogens (tertiary/aromatic N) is 2. The summed E-state index contributed by atoms with van der Waals surface area (Å²) in [4.78, 5) is 33.1. The van der Waals surface area contributed by atoms with Crippen LogP contribution in [-0.4, -0.2) is 82.8 Å². The fourth-order valence-corrected chi connectivity index (χ4v) is 2.07. The molecule has 8 nitrogen and oxygen atoms in total. The number of carboxylic acids is 2. The molecule has 0 atom stereocenters. The molecule has 1 amide bonds. The fraction of sp³-hybridized carbons (Fsp3) is 0.688. The molecule has 136 valence electrons. The number of aliphatic hydroxyl groups is 1. The van der Waals surface area contributed by atoms with Gasteiger partial charge in [-0.25, -0.2) is 9.59 Å². The highest BCUT2D eigenvalue weighted by Crippen LogP contribution is 2.19. The predicted molar refractivity (Wildman–Crippen MR) is 87.2 cm³/mol. The van der Waals surface area contributed by atoms with Gasteiger partial charge in [0.2, 0.25) is 5.91 Å². The molecule has 1 fully saturated rings. The molecule has 8 heteroatoms. The summed E-state index contributed by atoms with van der Waals surface area (Å²) < 4.78 is 0. The average Bonchev–Trinajstić information content (AvgIpc) is 2.53. The molecular weight excluding hydrogens is 316 g/mol. The van der Waals surface area contributed by atoms with Crippen molar-refractivity contribution in [1.29, 1.82) is 0 Å². The summed E-state index contributed by atoms with van der Waals surface area (Å²) in [5, 5.41) is 23.7. The number of aliphatic hydroxyl groups excluding tert-OH is 1. The van der Waals surface area contributed by atoms with Crippen LogP contribution >= 0.6 is 0 Å². The molecule has 0 bridgehead atoms. The number of carboxylic acid groups (broad SMARTS) is 2. The van der Waals surface area contributed by atoms with E-state index in [-0.39, 0.29) is 5.91 Å². The van der Waals surface area contributed by atoms with E-state index in [4.69, 9.17) is 24.9 Å². The second kappa shape index (κ2) is 12.3. The highest BCUT2D eigenvalue weighted by Gasteiger charge is 2.17. The van der Waals surface area contributed by atoms with Gasteiger partial charge in [-0.3, -0.25) is 9.69 Å². The van der Waals surface area contributed by atoms with Crippen LogP contribution in [0.3, 0.4) is 0 Å². The van der Waals surface area contributed by atoms with E-state index in [0.717, 1.165) is 38.9 Å². The molecule has 0 aliphatic carbocycles. The lowest BCUT2D eigenvalue weighted by Gasteiger charge is -2.30. The van der Waals surface area contributed by atoms with E-state index in [1.54, 1.807) is 18.9 Å². The van der Waals surface area contributed by atoms with Crippen LogP contribution in [0, 0.1) is 17.8 Å². The maximum absolute atomic E-state index is 11.0. The van der Waals surface area contributed by atoms with Gasteiger partial charge in [0.15, 0.2) is 0 Å². The van der Waals surface area contributed by atoms with Crippen molar-refractivity contribution in [2.75, 3.05) is 39.8 Å². The van der Waals surface area contributed by atoms with E-state index in [1.807, 2.05) is 0 Å². The largest absolute Gasteiger partial charge is 0.473 e. The van der Waals surface area contributed by atoms with Crippen LogP contribution in [0.25, 0.3) is 0 Å². The minimum Gasteiger partial charge on any atom is -0.473 e. The SMILES string of the molecule is CC(=O)N(C)CC#CCN1CCC(CCO)CC1.O=C(O)C(=O)O. The molecule has 24 heavy (non-hydrogen) atoms. The molecule has 0 saturated carbocycles. The van der Waals surface area contributed by atoms with Crippen molar-refractivity contribution in [3.8, 4) is 11.8 Å². The number of hydrogen-bond donors (Lipinski definition) is 3. The van der Waals surface area contributed by atoms with Crippen molar-refractivity contribution < 1.29 is 29.7 Å². The number of carbonyl (C=O) groups is 3. The molecule has 1 rings (SSSR count). The van der Waals surface area contributed by atoms with Crippen LogP contribution in [-0.2, 0) is 14.4 Å². The fourth-order valence-electron chi connectivity index (χ4n) is 2.07. The van der Waals surface area contributed by atoms with Crippen LogP contribution < -0.4 is 0 Å². The van der Waals surface area contributed by atoms with Crippen molar-refractivity contribution >= 4 is 17.8 Å². The van der Waals surface area contributed by atoms with E-state index in [1.165, 1.54) is 0 Å². The number of hydrogen-bond acceptors (Lipinski definition) is 5. The summed E-state index contributed by atoms with van der Waals surface area (Å²) in [6, 6.07) is 0. The number of carbonyl (C=O) groups excluding carboxylic acids is 1. The highest BCUT2D eigenvalue weighted by molar-refractivity contribution is 6.27. The number of piperidine rings is 1. The molecule has 1 aliphatic rings. The first-order valence-electron chi connectivity index (χ1n) is 7.74. The van der Waals surface area contributed by atoms with Crippen LogP contribution in [0.5, 0.6) is 0 Å². The van der Waals surface area contributed by atoms with Gasteiger partial charge in [0.1, 0.15) is 0 Å². The van der Waals surface area contributed by atoms with E-state index in [0.29, 0.717) is 19.1 Å². The second-order valence-corrected chi connectivity index (χ2v) is 5.57. The number of aliphatic carboxylic acids is 2. The summed E-state index contributed by atoms with van der Waals surface area (Å²) in [7, 11) is 1.76. The Hall–Kier alpha value is -2.11. The van der Waals surface area contributed by atoms with Gasteiger partial charge in [0.25, 0.3) is 0 Å². The van der Waals surface area contributed by atoms with E-state index >= 15 is 0 Å². The summed E-state index contributed by atoms with van der Waals surface area (Å²) >= 11 is 0. The average molecular weight is 342 g/mol. The Labute approximate surface area is 142 Å². The quantitative estimate of drug-likeness (QED) is 0.475. The van der Waals surface area contributed by atoms with E-state index in [9.17, 15) is 4.79 Å². The Bertz CT molecular complexity index is 463. The Kier molecular flexibility index (Phi) is 11.2. The summed E-state index contributed by atoms with van der Waals surface area (Å²) in [6.45, 7) is 5.30. The minimum atomic E-state index is -1.82. The first kappa shape index (κ1) is 21.9. The smallest absolute Gasteiger partial charge is 0.414 e. The molecule has 1 saturated heterocycles. The van der Waals surface area contributed by atoms with Gasteiger partial charge < -0.3 is 20.2 Å². The van der Waals surface area contributed by atoms with Crippen LogP contribution in [0.2, 0.25) is 0 Å². The van der Waals surface area contributed by atoms with E-state index < -0.39 is 11.9 Å². The maximum Gasteiger partial charge on any atom is 0.414 e. The van der Waals surface area contributed by atoms with Crippen LogP contribution in [0.15, 0.2) is 0 Å². The van der Waals surface area contributed by atoms with Gasteiger partial charge in [0, 0.05) is 20.6 Å². The third-order valence-electron chi connectivity index (χ3n) is 3.71. The lowest BCUT2D eigenvalue weighted by Crippen LogP contribution is -2.34.